The monoisotopic (exact) mass is 291 g/mol. The summed E-state index contributed by atoms with van der Waals surface area (Å²) in [6.07, 6.45) is -4.55. The third kappa shape index (κ3) is 3.72. The summed E-state index contributed by atoms with van der Waals surface area (Å²) in [5, 5.41) is 11.6. The molecule has 108 valence electrons. The van der Waals surface area contributed by atoms with Crippen molar-refractivity contribution in [3.63, 3.8) is 0 Å². The van der Waals surface area contributed by atoms with Crippen molar-refractivity contribution < 1.29 is 13.2 Å². The molecule has 0 radical (unpaired) electrons. The van der Waals surface area contributed by atoms with Crippen molar-refractivity contribution in [1.29, 1.82) is 5.26 Å². The molecule has 0 aliphatic rings. The van der Waals surface area contributed by atoms with Gasteiger partial charge in [0, 0.05) is 11.4 Å². The van der Waals surface area contributed by atoms with E-state index in [9.17, 15) is 13.2 Å². The molecule has 0 spiro atoms. The van der Waals surface area contributed by atoms with Gasteiger partial charge in [0.2, 0.25) is 0 Å². The second-order valence-electron chi connectivity index (χ2n) is 4.49. The largest absolute Gasteiger partial charge is 0.417 e. The van der Waals surface area contributed by atoms with Gasteiger partial charge in [-0.2, -0.15) is 18.4 Å². The van der Waals surface area contributed by atoms with E-state index in [4.69, 9.17) is 5.26 Å². The fourth-order valence-electron chi connectivity index (χ4n) is 1.88. The Morgan fingerprint density at radius 2 is 2.00 bits per heavy atom. The van der Waals surface area contributed by atoms with Crippen LogP contribution in [0.15, 0.2) is 36.4 Å². The maximum atomic E-state index is 12.8. The van der Waals surface area contributed by atoms with E-state index in [-0.39, 0.29) is 5.56 Å². The quantitative estimate of drug-likeness (QED) is 0.933. The molecule has 0 saturated heterocycles. The lowest BCUT2D eigenvalue weighted by molar-refractivity contribution is -0.137. The molecule has 1 heterocycles. The molecule has 0 fully saturated rings. The molecule has 1 aromatic heterocycles. The zero-order chi connectivity index (χ0) is 15.5. The fraction of sp³-hybridized carbons (Fsp3) is 0.200. The van der Waals surface area contributed by atoms with E-state index in [1.54, 1.807) is 12.1 Å². The Labute approximate surface area is 120 Å². The predicted octanol–water partition coefficient (Wildman–Crippen LogP) is 3.89. The number of nitrogens with one attached hydrogen (secondary N) is 1. The molecule has 6 heteroatoms. The lowest BCUT2D eigenvalue weighted by Crippen LogP contribution is -2.09. The Balaban J connectivity index is 2.20. The minimum Gasteiger partial charge on any atom is -0.379 e. The van der Waals surface area contributed by atoms with E-state index >= 15 is 0 Å². The number of hydrogen-bond donors (Lipinski definition) is 1. The lowest BCUT2D eigenvalue weighted by atomic mass is 10.1. The van der Waals surface area contributed by atoms with Gasteiger partial charge in [0.05, 0.1) is 29.4 Å². The Bertz CT molecular complexity index is 687. The Kier molecular flexibility index (Phi) is 4.13. The van der Waals surface area contributed by atoms with Crippen molar-refractivity contribution in [3.05, 3.63) is 58.9 Å². The van der Waals surface area contributed by atoms with E-state index in [0.717, 1.165) is 23.5 Å². The van der Waals surface area contributed by atoms with Gasteiger partial charge in [-0.1, -0.05) is 6.07 Å². The van der Waals surface area contributed by atoms with E-state index in [2.05, 4.69) is 10.3 Å². The van der Waals surface area contributed by atoms with Crippen molar-refractivity contribution in [1.82, 2.24) is 4.98 Å². The number of halogens is 3. The van der Waals surface area contributed by atoms with Crippen LogP contribution in [0.25, 0.3) is 0 Å². The van der Waals surface area contributed by atoms with Crippen molar-refractivity contribution in [2.75, 3.05) is 5.32 Å². The molecule has 1 N–H and O–H groups in total. The van der Waals surface area contributed by atoms with Crippen LogP contribution in [0, 0.1) is 18.3 Å². The van der Waals surface area contributed by atoms with Gasteiger partial charge in [-0.25, -0.2) is 0 Å². The van der Waals surface area contributed by atoms with Crippen molar-refractivity contribution in [3.8, 4) is 6.07 Å². The average Bonchev–Trinajstić information content (AvgIpc) is 2.44. The highest BCUT2D eigenvalue weighted by molar-refractivity contribution is 5.53. The van der Waals surface area contributed by atoms with Gasteiger partial charge in [-0.3, -0.25) is 4.98 Å². The molecule has 21 heavy (non-hydrogen) atoms. The maximum absolute atomic E-state index is 12.8. The topological polar surface area (TPSA) is 48.7 Å². The number of nitriles is 1. The number of aryl methyl sites for hydroxylation is 1. The number of aromatic nitrogens is 1. The van der Waals surface area contributed by atoms with Crippen LogP contribution in [0.1, 0.15) is 22.5 Å². The second-order valence-corrected chi connectivity index (χ2v) is 4.49. The van der Waals surface area contributed by atoms with Gasteiger partial charge in [0.25, 0.3) is 0 Å². The molecule has 0 unspecified atom stereocenters. The zero-order valence-corrected chi connectivity index (χ0v) is 11.2. The minimum atomic E-state index is -4.55. The predicted molar refractivity (Wildman–Crippen MR) is 72.5 cm³/mol. The van der Waals surface area contributed by atoms with Crippen molar-refractivity contribution in [2.24, 2.45) is 0 Å². The molecule has 1 aromatic carbocycles. The molecule has 3 nitrogen and oxygen atoms in total. The molecule has 0 amide bonds. The molecule has 0 saturated carbocycles. The van der Waals surface area contributed by atoms with Gasteiger partial charge in [-0.05, 0) is 37.3 Å². The molecule has 2 rings (SSSR count). The Morgan fingerprint density at radius 1 is 1.24 bits per heavy atom. The summed E-state index contributed by atoms with van der Waals surface area (Å²) >= 11 is 0. The summed E-state index contributed by atoms with van der Waals surface area (Å²) in [5.41, 5.74) is 0.539. The Hall–Kier alpha value is -2.55. The lowest BCUT2D eigenvalue weighted by Gasteiger charge is -2.12. The molecule has 0 aliphatic carbocycles. The van der Waals surface area contributed by atoms with Crippen LogP contribution in [0.3, 0.4) is 0 Å². The fourth-order valence-corrected chi connectivity index (χ4v) is 1.88. The third-order valence-electron chi connectivity index (χ3n) is 2.87. The smallest absolute Gasteiger partial charge is 0.379 e. The van der Waals surface area contributed by atoms with Crippen LogP contribution in [0.5, 0.6) is 0 Å². The van der Waals surface area contributed by atoms with Crippen LogP contribution < -0.4 is 5.32 Å². The van der Waals surface area contributed by atoms with E-state index < -0.39 is 11.7 Å². The van der Waals surface area contributed by atoms with E-state index in [1.807, 2.05) is 19.1 Å². The molecular weight excluding hydrogens is 279 g/mol. The molecular formula is C15H12F3N3. The van der Waals surface area contributed by atoms with Crippen LogP contribution in [-0.4, -0.2) is 4.98 Å². The zero-order valence-electron chi connectivity index (χ0n) is 11.2. The SMILES string of the molecule is Cc1cccc(CNc2ccc(C#N)c(C(F)(F)F)c2)n1. The first-order valence-corrected chi connectivity index (χ1v) is 6.18. The van der Waals surface area contributed by atoms with Crippen LogP contribution in [-0.2, 0) is 12.7 Å². The summed E-state index contributed by atoms with van der Waals surface area (Å²) in [6.45, 7) is 2.15. The Morgan fingerprint density at radius 3 is 2.62 bits per heavy atom. The number of pyridine rings is 1. The number of nitrogens with zero attached hydrogens (tertiary/aromatic N) is 2. The normalized spacial score (nSPS) is 11.0. The van der Waals surface area contributed by atoms with Crippen LogP contribution >= 0.6 is 0 Å². The summed E-state index contributed by atoms with van der Waals surface area (Å²) in [7, 11) is 0. The number of anilines is 1. The molecule has 0 bridgehead atoms. The van der Waals surface area contributed by atoms with Crippen molar-refractivity contribution >= 4 is 5.69 Å². The number of hydrogen-bond acceptors (Lipinski definition) is 3. The van der Waals surface area contributed by atoms with Crippen molar-refractivity contribution in [2.45, 2.75) is 19.6 Å². The minimum absolute atomic E-state index is 0.296. The number of rotatable bonds is 3. The van der Waals surface area contributed by atoms with Gasteiger partial charge >= 0.3 is 6.18 Å². The van der Waals surface area contributed by atoms with Gasteiger partial charge < -0.3 is 5.32 Å². The van der Waals surface area contributed by atoms with Crippen LogP contribution in [0.4, 0.5) is 18.9 Å². The first-order chi connectivity index (χ1) is 9.90. The van der Waals surface area contributed by atoms with E-state index in [0.29, 0.717) is 12.2 Å². The first-order valence-electron chi connectivity index (χ1n) is 6.18. The molecule has 2 aromatic rings. The molecule has 0 aliphatic heterocycles. The number of benzene rings is 1. The summed E-state index contributed by atoms with van der Waals surface area (Å²) in [6, 6.07) is 10.6. The van der Waals surface area contributed by atoms with Gasteiger partial charge in [0.15, 0.2) is 0 Å². The summed E-state index contributed by atoms with van der Waals surface area (Å²) in [4.78, 5) is 4.26. The third-order valence-corrected chi connectivity index (χ3v) is 2.87. The number of alkyl halides is 3. The van der Waals surface area contributed by atoms with Gasteiger partial charge in [0.1, 0.15) is 0 Å². The average molecular weight is 291 g/mol. The summed E-state index contributed by atoms with van der Waals surface area (Å²) < 4.78 is 38.5. The highest BCUT2D eigenvalue weighted by atomic mass is 19.4. The van der Waals surface area contributed by atoms with Gasteiger partial charge in [-0.15, -0.1) is 0 Å². The van der Waals surface area contributed by atoms with E-state index in [1.165, 1.54) is 6.07 Å². The van der Waals surface area contributed by atoms with Crippen LogP contribution in [0.2, 0.25) is 0 Å². The first kappa shape index (κ1) is 14.9. The maximum Gasteiger partial charge on any atom is 0.417 e. The standard InChI is InChI=1S/C15H12F3N3/c1-10-3-2-4-13(21-10)9-20-12-6-5-11(8-19)14(7-12)15(16,17)18/h2-7,20H,9H2,1H3. The highest BCUT2D eigenvalue weighted by Crippen LogP contribution is 2.33. The second kappa shape index (κ2) is 5.83. The highest BCUT2D eigenvalue weighted by Gasteiger charge is 2.33. The summed E-state index contributed by atoms with van der Waals surface area (Å²) in [5.74, 6) is 0. The molecule has 0 atom stereocenters.